The third kappa shape index (κ3) is 4.98. The molecule has 1 aromatic carbocycles. The van der Waals surface area contributed by atoms with E-state index in [2.05, 4.69) is 24.1 Å². The van der Waals surface area contributed by atoms with Crippen molar-refractivity contribution in [3.05, 3.63) is 29.6 Å². The molecule has 2 atom stereocenters. The lowest BCUT2D eigenvalue weighted by molar-refractivity contribution is 0.125. The summed E-state index contributed by atoms with van der Waals surface area (Å²) in [6.45, 7) is 8.23. The first kappa shape index (κ1) is 21.4. The number of hydrogen-bond donors (Lipinski definition) is 1. The Hall–Kier alpha value is -0.550. The summed E-state index contributed by atoms with van der Waals surface area (Å²) in [6.07, 6.45) is 1.03. The molecule has 1 saturated heterocycles. The van der Waals surface area contributed by atoms with E-state index in [1.807, 2.05) is 6.07 Å². The minimum absolute atomic E-state index is 0. The summed E-state index contributed by atoms with van der Waals surface area (Å²) in [5, 5.41) is 3.36. The van der Waals surface area contributed by atoms with Crippen LogP contribution in [0, 0.1) is 11.7 Å². The normalized spacial score (nSPS) is 17.8. The van der Waals surface area contributed by atoms with E-state index in [-0.39, 0.29) is 36.7 Å². The van der Waals surface area contributed by atoms with Gasteiger partial charge in [-0.1, -0.05) is 20.3 Å². The molecule has 3 nitrogen and oxygen atoms in total. The Bertz CT molecular complexity index is 442. The molecule has 0 amide bonds. The second-order valence-corrected chi connectivity index (χ2v) is 5.50. The van der Waals surface area contributed by atoms with Crippen LogP contribution in [0.2, 0.25) is 0 Å². The molecule has 1 aliphatic rings. The largest absolute Gasteiger partial charge is 0.497 e. The van der Waals surface area contributed by atoms with Crippen LogP contribution in [0.4, 0.5) is 4.39 Å². The summed E-state index contributed by atoms with van der Waals surface area (Å²) >= 11 is 0. The van der Waals surface area contributed by atoms with Crippen molar-refractivity contribution in [3.8, 4) is 5.75 Å². The molecule has 0 radical (unpaired) electrons. The second-order valence-electron chi connectivity index (χ2n) is 5.50. The number of nitrogens with zero attached hydrogens (tertiary/aromatic N) is 1. The van der Waals surface area contributed by atoms with Gasteiger partial charge in [-0.3, -0.25) is 4.90 Å². The number of halogens is 3. The van der Waals surface area contributed by atoms with Gasteiger partial charge < -0.3 is 10.1 Å². The highest BCUT2D eigenvalue weighted by Gasteiger charge is 2.28. The van der Waals surface area contributed by atoms with Crippen LogP contribution in [-0.4, -0.2) is 38.2 Å². The van der Waals surface area contributed by atoms with Crippen molar-refractivity contribution in [2.45, 2.75) is 26.3 Å². The summed E-state index contributed by atoms with van der Waals surface area (Å²) in [6, 6.07) is 5.18. The fourth-order valence-corrected chi connectivity index (χ4v) is 2.92. The number of benzene rings is 1. The minimum atomic E-state index is -0.130. The van der Waals surface area contributed by atoms with Crippen molar-refractivity contribution >= 4 is 24.8 Å². The smallest absolute Gasteiger partial charge is 0.128 e. The van der Waals surface area contributed by atoms with Crippen molar-refractivity contribution in [2.75, 3.05) is 33.3 Å². The van der Waals surface area contributed by atoms with E-state index < -0.39 is 0 Å². The SMILES string of the molecule is CCC(C)[C@@H](c1cc(OC)ccc1F)N1CCNCC1.Cl.Cl. The number of methoxy groups -OCH3 is 1. The summed E-state index contributed by atoms with van der Waals surface area (Å²) < 4.78 is 19.6. The van der Waals surface area contributed by atoms with Crippen LogP contribution in [0.5, 0.6) is 5.75 Å². The Labute approximate surface area is 145 Å². The van der Waals surface area contributed by atoms with Crippen LogP contribution in [-0.2, 0) is 0 Å². The van der Waals surface area contributed by atoms with E-state index in [1.54, 1.807) is 13.2 Å². The van der Waals surface area contributed by atoms with Gasteiger partial charge >= 0.3 is 0 Å². The van der Waals surface area contributed by atoms with Gasteiger partial charge in [0.25, 0.3) is 0 Å². The average Bonchev–Trinajstić information content (AvgIpc) is 2.50. The van der Waals surface area contributed by atoms with Crippen molar-refractivity contribution in [1.82, 2.24) is 10.2 Å². The topological polar surface area (TPSA) is 24.5 Å². The summed E-state index contributed by atoms with van der Waals surface area (Å²) in [5.41, 5.74) is 0.764. The summed E-state index contributed by atoms with van der Waals surface area (Å²) in [7, 11) is 1.63. The van der Waals surface area contributed by atoms with E-state index in [1.165, 1.54) is 6.07 Å². The van der Waals surface area contributed by atoms with Gasteiger partial charge in [0.2, 0.25) is 0 Å². The van der Waals surface area contributed by atoms with Crippen LogP contribution in [0.15, 0.2) is 18.2 Å². The van der Waals surface area contributed by atoms with Crippen molar-refractivity contribution in [2.24, 2.45) is 5.92 Å². The molecule has 0 spiro atoms. The monoisotopic (exact) mass is 352 g/mol. The van der Waals surface area contributed by atoms with Crippen molar-refractivity contribution in [1.29, 1.82) is 0 Å². The Morgan fingerprint density at radius 2 is 1.91 bits per heavy atom. The molecular formula is C16H27Cl2FN2O. The van der Waals surface area contributed by atoms with Gasteiger partial charge in [-0.2, -0.15) is 0 Å². The molecule has 1 unspecified atom stereocenters. The first-order chi connectivity index (χ1) is 9.67. The average molecular weight is 353 g/mol. The zero-order valence-electron chi connectivity index (χ0n) is 13.5. The maximum absolute atomic E-state index is 14.3. The standard InChI is InChI=1S/C16H25FN2O.2ClH/c1-4-12(2)16(19-9-7-18-8-10-19)14-11-13(20-3)5-6-15(14)17;;/h5-6,11-12,16,18H,4,7-10H2,1-3H3;2*1H/t12?,16-;;/m0../s1. The Balaban J connectivity index is 0.00000220. The fourth-order valence-electron chi connectivity index (χ4n) is 2.92. The zero-order valence-corrected chi connectivity index (χ0v) is 15.1. The van der Waals surface area contributed by atoms with Gasteiger partial charge in [0, 0.05) is 37.8 Å². The molecule has 0 aromatic heterocycles. The minimum Gasteiger partial charge on any atom is -0.497 e. The van der Waals surface area contributed by atoms with E-state index in [4.69, 9.17) is 4.74 Å². The molecule has 0 aliphatic carbocycles. The maximum atomic E-state index is 14.3. The molecule has 1 N–H and O–H groups in total. The van der Waals surface area contributed by atoms with Crippen LogP contribution < -0.4 is 10.1 Å². The molecule has 1 fully saturated rings. The van der Waals surface area contributed by atoms with Gasteiger partial charge in [0.1, 0.15) is 11.6 Å². The molecule has 0 bridgehead atoms. The molecular weight excluding hydrogens is 326 g/mol. The highest BCUT2D eigenvalue weighted by molar-refractivity contribution is 5.85. The zero-order chi connectivity index (χ0) is 14.5. The van der Waals surface area contributed by atoms with Crippen LogP contribution in [0.3, 0.4) is 0 Å². The quantitative estimate of drug-likeness (QED) is 0.874. The molecule has 128 valence electrons. The first-order valence-electron chi connectivity index (χ1n) is 7.45. The molecule has 1 heterocycles. The highest BCUT2D eigenvalue weighted by atomic mass is 35.5. The first-order valence-corrected chi connectivity index (χ1v) is 7.45. The van der Waals surface area contributed by atoms with Crippen LogP contribution in [0.1, 0.15) is 31.9 Å². The lowest BCUT2D eigenvalue weighted by Crippen LogP contribution is -2.46. The summed E-state index contributed by atoms with van der Waals surface area (Å²) in [4.78, 5) is 2.39. The molecule has 22 heavy (non-hydrogen) atoms. The fraction of sp³-hybridized carbons (Fsp3) is 0.625. The van der Waals surface area contributed by atoms with E-state index in [0.29, 0.717) is 5.92 Å². The summed E-state index contributed by atoms with van der Waals surface area (Å²) in [5.74, 6) is 1.01. The van der Waals surface area contributed by atoms with Gasteiger partial charge in [0.15, 0.2) is 0 Å². The van der Waals surface area contributed by atoms with Crippen LogP contribution in [0.25, 0.3) is 0 Å². The Morgan fingerprint density at radius 1 is 1.27 bits per heavy atom. The predicted octanol–water partition coefficient (Wildman–Crippen LogP) is 3.67. The number of piperazine rings is 1. The van der Waals surface area contributed by atoms with E-state index in [9.17, 15) is 4.39 Å². The highest BCUT2D eigenvalue weighted by Crippen LogP contribution is 2.34. The molecule has 1 aliphatic heterocycles. The van der Waals surface area contributed by atoms with Gasteiger partial charge in [-0.15, -0.1) is 24.8 Å². The van der Waals surface area contributed by atoms with Gasteiger partial charge in [-0.25, -0.2) is 4.39 Å². The molecule has 1 aromatic rings. The van der Waals surface area contributed by atoms with Crippen molar-refractivity contribution < 1.29 is 9.13 Å². The number of rotatable bonds is 5. The van der Waals surface area contributed by atoms with Crippen molar-refractivity contribution in [3.63, 3.8) is 0 Å². The third-order valence-corrected chi connectivity index (χ3v) is 4.25. The molecule has 6 heteroatoms. The van der Waals surface area contributed by atoms with Crippen LogP contribution >= 0.6 is 24.8 Å². The maximum Gasteiger partial charge on any atom is 0.128 e. The second kappa shape index (κ2) is 10.3. The number of nitrogens with one attached hydrogen (secondary N) is 1. The number of hydrogen-bond acceptors (Lipinski definition) is 3. The lowest BCUT2D eigenvalue weighted by Gasteiger charge is -2.38. The molecule has 0 saturated carbocycles. The van der Waals surface area contributed by atoms with Gasteiger partial charge in [0.05, 0.1) is 7.11 Å². The predicted molar refractivity (Wildman–Crippen MR) is 94.1 cm³/mol. The Kier molecular flexibility index (Phi) is 10.0. The van der Waals surface area contributed by atoms with Gasteiger partial charge in [-0.05, 0) is 24.1 Å². The van der Waals surface area contributed by atoms with E-state index in [0.717, 1.165) is 43.9 Å². The third-order valence-electron chi connectivity index (χ3n) is 4.25. The van der Waals surface area contributed by atoms with E-state index >= 15 is 0 Å². The Morgan fingerprint density at radius 3 is 2.45 bits per heavy atom. The lowest BCUT2D eigenvalue weighted by atomic mass is 9.90. The number of ether oxygens (including phenoxy) is 1. The molecule has 2 rings (SSSR count).